The van der Waals surface area contributed by atoms with E-state index in [1.807, 2.05) is 13.0 Å². The van der Waals surface area contributed by atoms with Gasteiger partial charge in [-0.25, -0.2) is 18.4 Å². The van der Waals surface area contributed by atoms with Crippen LogP contribution in [-0.4, -0.2) is 31.5 Å². The molecule has 0 saturated heterocycles. The molecular formula is C21H24IN5O2S. The van der Waals surface area contributed by atoms with E-state index in [0.29, 0.717) is 17.3 Å². The van der Waals surface area contributed by atoms with Crippen LogP contribution in [0.2, 0.25) is 0 Å². The molecule has 0 bridgehead atoms. The number of nitrogens with one attached hydrogen (secondary N) is 2. The number of nitrogens with zero attached hydrogens (tertiary/aromatic N) is 3. The maximum atomic E-state index is 12.5. The molecule has 2 N–H and O–H groups in total. The van der Waals surface area contributed by atoms with Crippen molar-refractivity contribution in [3.8, 4) is 0 Å². The van der Waals surface area contributed by atoms with Gasteiger partial charge in [-0.15, -0.1) is 0 Å². The Kier molecular flexibility index (Phi) is 7.14. The Morgan fingerprint density at radius 3 is 2.13 bits per heavy atom. The zero-order valence-electron chi connectivity index (χ0n) is 17.1. The van der Waals surface area contributed by atoms with Gasteiger partial charge in [0.25, 0.3) is 10.0 Å². The summed E-state index contributed by atoms with van der Waals surface area (Å²) < 4.78 is 28.6. The van der Waals surface area contributed by atoms with Gasteiger partial charge in [-0.2, -0.15) is 0 Å². The van der Waals surface area contributed by atoms with Gasteiger partial charge in [0.1, 0.15) is 17.5 Å². The first-order valence-electron chi connectivity index (χ1n) is 9.57. The topological polar surface area (TPSA) is 87.2 Å². The van der Waals surface area contributed by atoms with Gasteiger partial charge in [-0.3, -0.25) is 4.72 Å². The Morgan fingerprint density at radius 1 is 0.933 bits per heavy atom. The minimum absolute atomic E-state index is 0.227. The molecule has 0 amide bonds. The lowest BCUT2D eigenvalue weighted by Gasteiger charge is -2.20. The Hall–Kier alpha value is -2.40. The van der Waals surface area contributed by atoms with E-state index in [1.54, 1.807) is 48.5 Å². The molecule has 9 heteroatoms. The van der Waals surface area contributed by atoms with E-state index in [-0.39, 0.29) is 4.90 Å². The number of sulfonamides is 1. The van der Waals surface area contributed by atoms with E-state index in [4.69, 9.17) is 0 Å². The average Bonchev–Trinajstić information content (AvgIpc) is 2.70. The van der Waals surface area contributed by atoms with Gasteiger partial charge in [0.05, 0.1) is 4.90 Å². The molecule has 0 fully saturated rings. The monoisotopic (exact) mass is 537 g/mol. The number of rotatable bonds is 8. The van der Waals surface area contributed by atoms with Crippen molar-refractivity contribution in [2.75, 3.05) is 28.0 Å². The van der Waals surface area contributed by atoms with Crippen LogP contribution < -0.4 is 14.9 Å². The zero-order valence-corrected chi connectivity index (χ0v) is 20.0. The molecule has 1 heterocycles. The molecule has 0 atom stereocenters. The fourth-order valence-electron chi connectivity index (χ4n) is 2.92. The van der Waals surface area contributed by atoms with Gasteiger partial charge in [-0.05, 0) is 91.9 Å². The van der Waals surface area contributed by atoms with Crippen molar-refractivity contribution in [1.82, 2.24) is 9.97 Å². The van der Waals surface area contributed by atoms with E-state index in [9.17, 15) is 8.42 Å². The lowest BCUT2D eigenvalue weighted by atomic mass is 10.3. The molecule has 0 saturated carbocycles. The molecule has 0 aliphatic heterocycles. The van der Waals surface area contributed by atoms with Gasteiger partial charge in [0.2, 0.25) is 0 Å². The van der Waals surface area contributed by atoms with Crippen molar-refractivity contribution in [2.45, 2.75) is 25.7 Å². The van der Waals surface area contributed by atoms with Gasteiger partial charge in [0, 0.05) is 34.1 Å². The van der Waals surface area contributed by atoms with Crippen LogP contribution in [0.15, 0.2) is 59.5 Å². The minimum atomic E-state index is -3.63. The lowest BCUT2D eigenvalue weighted by Crippen LogP contribution is -2.23. The second-order valence-corrected chi connectivity index (χ2v) is 9.52. The van der Waals surface area contributed by atoms with E-state index in [1.165, 1.54) is 0 Å². The third kappa shape index (κ3) is 5.60. The number of hydrogen-bond acceptors (Lipinski definition) is 6. The SMILES string of the molecule is CCN(CC)c1cc(Nc2ccc(NS(=O)(=O)c3ccc(I)cc3)cc2)nc(C)n1. The second-order valence-electron chi connectivity index (χ2n) is 6.59. The van der Waals surface area contributed by atoms with Crippen molar-refractivity contribution in [3.05, 3.63) is 64.0 Å². The quantitative estimate of drug-likeness (QED) is 0.403. The number of halogens is 1. The van der Waals surface area contributed by atoms with Crippen molar-refractivity contribution < 1.29 is 8.42 Å². The van der Waals surface area contributed by atoms with Crippen molar-refractivity contribution >= 4 is 55.6 Å². The van der Waals surface area contributed by atoms with Crippen LogP contribution in [0.3, 0.4) is 0 Å². The molecule has 30 heavy (non-hydrogen) atoms. The third-order valence-electron chi connectivity index (χ3n) is 4.45. The zero-order chi connectivity index (χ0) is 21.7. The summed E-state index contributed by atoms with van der Waals surface area (Å²) in [5.74, 6) is 2.25. The fourth-order valence-corrected chi connectivity index (χ4v) is 4.34. The van der Waals surface area contributed by atoms with Crippen molar-refractivity contribution in [3.63, 3.8) is 0 Å². The maximum absolute atomic E-state index is 12.5. The lowest BCUT2D eigenvalue weighted by molar-refractivity contribution is 0.601. The van der Waals surface area contributed by atoms with Gasteiger partial charge in [-0.1, -0.05) is 0 Å². The number of anilines is 4. The number of aromatic nitrogens is 2. The van der Waals surface area contributed by atoms with E-state index in [2.05, 4.69) is 61.3 Å². The molecule has 3 aromatic rings. The van der Waals surface area contributed by atoms with Crippen LogP contribution in [0.25, 0.3) is 0 Å². The Bertz CT molecular complexity index is 1100. The number of hydrogen-bond donors (Lipinski definition) is 2. The molecule has 0 radical (unpaired) electrons. The standard InChI is InChI=1S/C21H24IN5O2S/c1-4-27(5-2)21-14-20(23-15(3)24-21)25-17-8-10-18(11-9-17)26-30(28,29)19-12-6-16(22)7-13-19/h6-14,26H,4-5H2,1-3H3,(H,23,24,25). The summed E-state index contributed by atoms with van der Waals surface area (Å²) in [6.45, 7) is 7.76. The first-order valence-corrected chi connectivity index (χ1v) is 12.1. The summed E-state index contributed by atoms with van der Waals surface area (Å²) in [5, 5.41) is 3.26. The summed E-state index contributed by atoms with van der Waals surface area (Å²) in [6.07, 6.45) is 0. The summed E-state index contributed by atoms with van der Waals surface area (Å²) in [7, 11) is -3.63. The molecule has 3 rings (SSSR count). The van der Waals surface area contributed by atoms with Crippen LogP contribution in [0.5, 0.6) is 0 Å². The molecule has 0 spiro atoms. The predicted octanol–water partition coefficient (Wildman–Crippen LogP) is 4.78. The van der Waals surface area contributed by atoms with Gasteiger partial charge in [0.15, 0.2) is 0 Å². The highest BCUT2D eigenvalue weighted by atomic mass is 127. The van der Waals surface area contributed by atoms with Crippen LogP contribution in [0.1, 0.15) is 19.7 Å². The van der Waals surface area contributed by atoms with E-state index >= 15 is 0 Å². The molecule has 0 aliphatic rings. The molecule has 7 nitrogen and oxygen atoms in total. The van der Waals surface area contributed by atoms with Crippen LogP contribution in [-0.2, 0) is 10.0 Å². The third-order valence-corrected chi connectivity index (χ3v) is 6.56. The number of aryl methyl sites for hydroxylation is 1. The molecule has 2 aromatic carbocycles. The molecule has 158 valence electrons. The molecule has 1 aromatic heterocycles. The number of benzene rings is 2. The highest BCUT2D eigenvalue weighted by Crippen LogP contribution is 2.23. The Labute approximate surface area is 191 Å². The van der Waals surface area contributed by atoms with Crippen LogP contribution in [0, 0.1) is 10.5 Å². The van der Waals surface area contributed by atoms with Crippen molar-refractivity contribution in [1.29, 1.82) is 0 Å². The maximum Gasteiger partial charge on any atom is 0.261 e. The fraction of sp³-hybridized carbons (Fsp3) is 0.238. The highest BCUT2D eigenvalue weighted by Gasteiger charge is 2.14. The van der Waals surface area contributed by atoms with E-state index < -0.39 is 10.0 Å². The first-order chi connectivity index (χ1) is 14.3. The minimum Gasteiger partial charge on any atom is -0.357 e. The van der Waals surface area contributed by atoms with Crippen LogP contribution >= 0.6 is 22.6 Å². The molecule has 0 unspecified atom stereocenters. The van der Waals surface area contributed by atoms with E-state index in [0.717, 1.165) is 28.2 Å². The van der Waals surface area contributed by atoms with Crippen LogP contribution in [0.4, 0.5) is 23.0 Å². The highest BCUT2D eigenvalue weighted by molar-refractivity contribution is 14.1. The normalized spacial score (nSPS) is 11.2. The van der Waals surface area contributed by atoms with Gasteiger partial charge < -0.3 is 10.2 Å². The summed E-state index contributed by atoms with van der Waals surface area (Å²) in [5.41, 5.74) is 1.29. The first kappa shape index (κ1) is 22.3. The predicted molar refractivity (Wildman–Crippen MR) is 130 cm³/mol. The van der Waals surface area contributed by atoms with Crippen molar-refractivity contribution in [2.24, 2.45) is 0 Å². The summed E-state index contributed by atoms with van der Waals surface area (Å²) >= 11 is 2.14. The average molecular weight is 537 g/mol. The largest absolute Gasteiger partial charge is 0.357 e. The molecule has 0 aliphatic carbocycles. The summed E-state index contributed by atoms with van der Waals surface area (Å²) in [4.78, 5) is 11.3. The Morgan fingerprint density at radius 2 is 1.53 bits per heavy atom. The second kappa shape index (κ2) is 9.61. The Balaban J connectivity index is 1.74. The summed E-state index contributed by atoms with van der Waals surface area (Å²) in [6, 6.07) is 15.7. The molecular weight excluding hydrogens is 513 g/mol. The van der Waals surface area contributed by atoms with Gasteiger partial charge >= 0.3 is 0 Å². The smallest absolute Gasteiger partial charge is 0.261 e.